The first-order valence-electron chi connectivity index (χ1n) is 1.27. The van der Waals surface area contributed by atoms with Crippen LogP contribution in [0, 0.1) is 0 Å². The van der Waals surface area contributed by atoms with Gasteiger partial charge in [-0.1, -0.05) is 0 Å². The molecular weight excluding hydrogens is 285 g/mol. The van der Waals surface area contributed by atoms with Crippen LogP contribution in [0.25, 0.3) is 0 Å². The number of carboxylic acid groups (broad SMARTS) is 1. The van der Waals surface area contributed by atoms with E-state index in [1.165, 1.54) is 0 Å². The van der Waals surface area contributed by atoms with Crippen molar-refractivity contribution in [2.24, 2.45) is 0 Å². The fourth-order valence-corrected chi connectivity index (χ4v) is 0.320. The van der Waals surface area contributed by atoms with Crippen molar-refractivity contribution in [1.29, 1.82) is 0 Å². The van der Waals surface area contributed by atoms with Crippen LogP contribution in [-0.2, 0) is 34.3 Å². The Kier molecular flexibility index (Phi) is 6.34. The summed E-state index contributed by atoms with van der Waals surface area (Å²) >= 11 is 0.314. The van der Waals surface area contributed by atoms with Crippen molar-refractivity contribution in [3.8, 4) is 0 Å². The summed E-state index contributed by atoms with van der Waals surface area (Å²) in [5, 5.41) is 7.73. The molecule has 0 fully saturated rings. The molecule has 0 aliphatic carbocycles. The van der Waals surface area contributed by atoms with Gasteiger partial charge in [0.1, 0.15) is 0 Å². The molecule has 0 spiro atoms. The Morgan fingerprint density at radius 3 is 1.88 bits per heavy atom. The van der Waals surface area contributed by atoms with Crippen LogP contribution in [0.5, 0.6) is 0 Å². The summed E-state index contributed by atoms with van der Waals surface area (Å²) in [5.74, 6) is -2.73. The van der Waals surface area contributed by atoms with Crippen molar-refractivity contribution >= 4 is 11.9 Å². The van der Waals surface area contributed by atoms with E-state index in [1.807, 2.05) is 0 Å². The molecule has 0 aromatic heterocycles. The third kappa shape index (κ3) is 3.82. The fourth-order valence-electron chi connectivity index (χ4n) is 0.0390. The van der Waals surface area contributed by atoms with Crippen LogP contribution < -0.4 is 0 Å². The van der Waals surface area contributed by atoms with Crippen LogP contribution in [0.3, 0.4) is 0 Å². The molecule has 3 N–H and O–H groups in total. The number of hydrogen-bond donors (Lipinski definition) is 1. The molecular formula is C2H3O5Ta. The van der Waals surface area contributed by atoms with Crippen molar-refractivity contribution in [2.75, 3.05) is 0 Å². The van der Waals surface area contributed by atoms with Gasteiger partial charge in [-0.2, -0.15) is 0 Å². The van der Waals surface area contributed by atoms with Crippen molar-refractivity contribution in [3.63, 3.8) is 0 Å². The van der Waals surface area contributed by atoms with Crippen LogP contribution >= 0.6 is 0 Å². The van der Waals surface area contributed by atoms with Gasteiger partial charge in [0, 0.05) is 0 Å². The normalized spacial score (nSPS) is 6.50. The number of aliphatic carboxylic acids is 1. The topological polar surface area (TPSA) is 95.1 Å². The van der Waals surface area contributed by atoms with E-state index in [0.717, 1.165) is 0 Å². The van der Waals surface area contributed by atoms with Crippen molar-refractivity contribution < 1.29 is 44.9 Å². The molecule has 8 heavy (non-hydrogen) atoms. The van der Waals surface area contributed by atoms with Gasteiger partial charge in [-0.15, -0.1) is 0 Å². The van der Waals surface area contributed by atoms with Crippen LogP contribution in [0.15, 0.2) is 0 Å². The Labute approximate surface area is 57.4 Å². The number of carbonyl (C=O) groups excluding carboxylic acids is 1. The zero-order chi connectivity index (χ0) is 5.86. The predicted molar refractivity (Wildman–Crippen MR) is 17.3 cm³/mol. The van der Waals surface area contributed by atoms with E-state index in [9.17, 15) is 9.59 Å². The fraction of sp³-hybridized carbons (Fsp3) is 0. The Bertz CT molecular complexity index is 98.6. The van der Waals surface area contributed by atoms with E-state index < -0.39 is 11.9 Å². The van der Waals surface area contributed by atoms with E-state index in [4.69, 9.17) is 5.11 Å². The third-order valence-electron chi connectivity index (χ3n) is 0.258. The molecule has 46 valence electrons. The van der Waals surface area contributed by atoms with E-state index in [0.29, 0.717) is 21.5 Å². The summed E-state index contributed by atoms with van der Waals surface area (Å²) in [4.78, 5) is 19.2. The van der Waals surface area contributed by atoms with Gasteiger partial charge in [0.25, 0.3) is 0 Å². The SMILES string of the molecule is O.O=C(O)C(=O)[O][Ta]. The first-order valence-corrected chi connectivity index (χ1v) is 2.58. The second-order valence-corrected chi connectivity index (χ2v) is 1.34. The first-order chi connectivity index (χ1) is 3.18. The summed E-state index contributed by atoms with van der Waals surface area (Å²) in [7, 11) is 0. The van der Waals surface area contributed by atoms with Crippen LogP contribution in [0.2, 0.25) is 0 Å². The van der Waals surface area contributed by atoms with E-state index in [1.54, 1.807) is 0 Å². The molecule has 0 saturated carbocycles. The van der Waals surface area contributed by atoms with Crippen molar-refractivity contribution in [3.05, 3.63) is 0 Å². The Hall–Kier alpha value is -0.360. The van der Waals surface area contributed by atoms with Gasteiger partial charge in [0.05, 0.1) is 0 Å². The Morgan fingerprint density at radius 2 is 1.88 bits per heavy atom. The molecule has 0 aliphatic heterocycles. The van der Waals surface area contributed by atoms with E-state index in [2.05, 4.69) is 3.24 Å². The van der Waals surface area contributed by atoms with Crippen LogP contribution in [-0.4, -0.2) is 22.5 Å². The molecule has 0 aromatic carbocycles. The number of rotatable bonds is 0. The molecule has 6 heteroatoms. The number of carbonyl (C=O) groups is 2. The summed E-state index contributed by atoms with van der Waals surface area (Å²) < 4.78 is 3.88. The molecule has 0 amide bonds. The zero-order valence-electron chi connectivity index (χ0n) is 3.62. The summed E-state index contributed by atoms with van der Waals surface area (Å²) in [5.41, 5.74) is 0. The van der Waals surface area contributed by atoms with Gasteiger partial charge in [-0.3, -0.25) is 0 Å². The summed E-state index contributed by atoms with van der Waals surface area (Å²) in [6.45, 7) is 0. The van der Waals surface area contributed by atoms with Crippen molar-refractivity contribution in [2.45, 2.75) is 0 Å². The van der Waals surface area contributed by atoms with Gasteiger partial charge >= 0.3 is 51.3 Å². The summed E-state index contributed by atoms with van der Waals surface area (Å²) in [6.07, 6.45) is 0. The van der Waals surface area contributed by atoms with Gasteiger partial charge in [0.15, 0.2) is 0 Å². The average Bonchev–Trinajstić information content (AvgIpc) is 1.65. The standard InChI is InChI=1S/C2H2O4.H2O.Ta/c3-1(4)2(5)6;;/h(H,3,4)(H,5,6);1H2;/q;;+1/p-1. The minimum absolute atomic E-state index is 0. The molecule has 0 aliphatic rings. The average molecular weight is 288 g/mol. The van der Waals surface area contributed by atoms with Gasteiger partial charge in [-0.05, 0) is 0 Å². The summed E-state index contributed by atoms with van der Waals surface area (Å²) in [6, 6.07) is 0. The van der Waals surface area contributed by atoms with E-state index in [-0.39, 0.29) is 5.48 Å². The first kappa shape index (κ1) is 10.6. The van der Waals surface area contributed by atoms with Gasteiger partial charge in [-0.25, -0.2) is 0 Å². The molecule has 0 saturated heterocycles. The number of carboxylic acids is 1. The van der Waals surface area contributed by atoms with Gasteiger partial charge in [0.2, 0.25) is 0 Å². The predicted octanol–water partition coefficient (Wildman–Crippen LogP) is -1.75. The van der Waals surface area contributed by atoms with Crippen LogP contribution in [0.4, 0.5) is 0 Å². The molecule has 0 unspecified atom stereocenters. The quantitative estimate of drug-likeness (QED) is 0.535. The van der Waals surface area contributed by atoms with E-state index >= 15 is 0 Å². The molecule has 0 bridgehead atoms. The zero-order valence-corrected chi connectivity index (χ0v) is 6.83. The monoisotopic (exact) mass is 288 g/mol. The Morgan fingerprint density at radius 1 is 1.50 bits per heavy atom. The maximum absolute atomic E-state index is 9.72. The number of hydrogen-bond acceptors (Lipinski definition) is 3. The molecule has 5 nitrogen and oxygen atoms in total. The van der Waals surface area contributed by atoms with Crippen LogP contribution in [0.1, 0.15) is 0 Å². The second-order valence-electron chi connectivity index (χ2n) is 0.684. The Balaban J connectivity index is 0. The molecule has 0 atom stereocenters. The van der Waals surface area contributed by atoms with Gasteiger partial charge < -0.3 is 5.48 Å². The minimum atomic E-state index is -1.54. The molecule has 0 radical (unpaired) electrons. The molecule has 0 aromatic rings. The molecule has 0 heterocycles. The molecule has 0 rings (SSSR count). The third-order valence-corrected chi connectivity index (χ3v) is 0.853. The van der Waals surface area contributed by atoms with Crippen molar-refractivity contribution in [1.82, 2.24) is 0 Å². The maximum atomic E-state index is 9.72. The second kappa shape index (κ2) is 4.79.